The van der Waals surface area contributed by atoms with E-state index in [1.165, 1.54) is 23.1 Å². The van der Waals surface area contributed by atoms with Gasteiger partial charge in [-0.2, -0.15) is 13.2 Å². The molecule has 160 valence electrons. The number of imide groups is 2. The van der Waals surface area contributed by atoms with E-state index >= 15 is 0 Å². The third-order valence-electron chi connectivity index (χ3n) is 5.95. The molecule has 3 aliphatic rings. The van der Waals surface area contributed by atoms with E-state index in [0.717, 1.165) is 4.90 Å². The molecule has 3 unspecified atom stereocenters. The lowest BCUT2D eigenvalue weighted by Crippen LogP contribution is -2.54. The largest absolute Gasteiger partial charge is 0.393 e. The van der Waals surface area contributed by atoms with Crippen molar-refractivity contribution in [1.29, 1.82) is 0 Å². The lowest BCUT2D eigenvalue weighted by atomic mass is 9.96. The summed E-state index contributed by atoms with van der Waals surface area (Å²) in [7, 11) is 0. The van der Waals surface area contributed by atoms with Crippen LogP contribution in [-0.4, -0.2) is 60.4 Å². The molecule has 3 atom stereocenters. The molecule has 2 saturated heterocycles. The number of halogens is 3. The summed E-state index contributed by atoms with van der Waals surface area (Å²) in [6.07, 6.45) is -4.35. The fraction of sp³-hybridized carbons (Fsp3) is 0.474. The first kappa shape index (κ1) is 20.3. The molecule has 0 saturated carbocycles. The van der Waals surface area contributed by atoms with Crippen LogP contribution in [0.1, 0.15) is 33.6 Å². The zero-order valence-electron chi connectivity index (χ0n) is 15.7. The van der Waals surface area contributed by atoms with Gasteiger partial charge in [0.05, 0.1) is 17.0 Å². The Kier molecular flexibility index (Phi) is 4.80. The van der Waals surface area contributed by atoms with Crippen molar-refractivity contribution < 1.29 is 32.3 Å². The number of alkyl halides is 3. The molecule has 1 aromatic rings. The highest BCUT2D eigenvalue weighted by Crippen LogP contribution is 2.40. The number of carbonyl (C=O) groups is 4. The Morgan fingerprint density at radius 1 is 1.07 bits per heavy atom. The number of nitrogens with zero attached hydrogens (tertiary/aromatic N) is 2. The first-order valence-corrected chi connectivity index (χ1v) is 9.49. The van der Waals surface area contributed by atoms with Gasteiger partial charge in [-0.1, -0.05) is 0 Å². The maximum absolute atomic E-state index is 13.3. The maximum atomic E-state index is 13.3. The van der Waals surface area contributed by atoms with E-state index in [1.54, 1.807) is 0 Å². The smallest absolute Gasteiger partial charge is 0.371 e. The van der Waals surface area contributed by atoms with Crippen molar-refractivity contribution in [3.63, 3.8) is 0 Å². The first-order valence-electron chi connectivity index (χ1n) is 9.49. The van der Waals surface area contributed by atoms with E-state index in [4.69, 9.17) is 5.73 Å². The molecular weight excluding hydrogens is 405 g/mol. The summed E-state index contributed by atoms with van der Waals surface area (Å²) < 4.78 is 39.9. The molecule has 3 heterocycles. The quantitative estimate of drug-likeness (QED) is 0.690. The predicted molar refractivity (Wildman–Crippen MR) is 97.4 cm³/mol. The number of nitrogens with one attached hydrogen (secondary N) is 1. The normalized spacial score (nSPS) is 27.0. The SMILES string of the molecule is NCC1CN(c2ccc3c(c2)C(=O)N(C2CCC(=O)NC2=O)C3=O)CC1C(F)(F)F. The second-order valence-electron chi connectivity index (χ2n) is 7.73. The standard InChI is InChI=1S/C19H19F3N4O4/c20-19(21,22)13-8-25(7-9(13)6-23)10-1-2-11-12(5-10)18(30)26(17(11)29)14-3-4-15(27)24-16(14)28/h1-2,5,9,13-14H,3-4,6-8,23H2,(H,24,27,28). The number of anilines is 1. The minimum Gasteiger partial charge on any atom is -0.371 e. The van der Waals surface area contributed by atoms with E-state index in [1.807, 2.05) is 0 Å². The van der Waals surface area contributed by atoms with Crippen LogP contribution in [0.25, 0.3) is 0 Å². The number of carbonyl (C=O) groups excluding carboxylic acids is 4. The van der Waals surface area contributed by atoms with Gasteiger partial charge >= 0.3 is 6.18 Å². The molecule has 0 aromatic heterocycles. The monoisotopic (exact) mass is 424 g/mol. The Hall–Kier alpha value is -2.95. The van der Waals surface area contributed by atoms with Crippen molar-refractivity contribution in [2.75, 3.05) is 24.5 Å². The molecule has 8 nitrogen and oxygen atoms in total. The number of hydrogen-bond acceptors (Lipinski definition) is 6. The minimum absolute atomic E-state index is 0.00213. The summed E-state index contributed by atoms with van der Waals surface area (Å²) in [5, 5.41) is 2.11. The van der Waals surface area contributed by atoms with E-state index < -0.39 is 47.7 Å². The molecule has 3 aliphatic heterocycles. The third-order valence-corrected chi connectivity index (χ3v) is 5.95. The lowest BCUT2D eigenvalue weighted by molar-refractivity contribution is -0.178. The highest BCUT2D eigenvalue weighted by atomic mass is 19.4. The van der Waals surface area contributed by atoms with Crippen molar-refractivity contribution in [2.45, 2.75) is 25.1 Å². The van der Waals surface area contributed by atoms with Crippen LogP contribution in [0.5, 0.6) is 0 Å². The molecule has 30 heavy (non-hydrogen) atoms. The lowest BCUT2D eigenvalue weighted by Gasteiger charge is -2.27. The molecule has 2 fully saturated rings. The number of rotatable bonds is 3. The van der Waals surface area contributed by atoms with Crippen LogP contribution in [0, 0.1) is 11.8 Å². The molecule has 11 heteroatoms. The third kappa shape index (κ3) is 3.22. The minimum atomic E-state index is -4.39. The van der Waals surface area contributed by atoms with Gasteiger partial charge < -0.3 is 10.6 Å². The van der Waals surface area contributed by atoms with Gasteiger partial charge in [0.1, 0.15) is 6.04 Å². The summed E-state index contributed by atoms with van der Waals surface area (Å²) in [6.45, 7) is -0.325. The molecule has 0 aliphatic carbocycles. The second-order valence-corrected chi connectivity index (χ2v) is 7.73. The number of hydrogen-bond donors (Lipinski definition) is 2. The van der Waals surface area contributed by atoms with Crippen molar-refractivity contribution in [1.82, 2.24) is 10.2 Å². The van der Waals surface area contributed by atoms with Crippen molar-refractivity contribution in [2.24, 2.45) is 17.6 Å². The fourth-order valence-electron chi connectivity index (χ4n) is 4.35. The van der Waals surface area contributed by atoms with Crippen LogP contribution in [-0.2, 0) is 9.59 Å². The van der Waals surface area contributed by atoms with Gasteiger partial charge in [-0.15, -0.1) is 0 Å². The number of fused-ring (bicyclic) bond motifs is 1. The maximum Gasteiger partial charge on any atom is 0.393 e. The first-order chi connectivity index (χ1) is 14.1. The molecule has 3 N–H and O–H groups in total. The highest BCUT2D eigenvalue weighted by Gasteiger charge is 2.50. The van der Waals surface area contributed by atoms with Crippen LogP contribution in [0.15, 0.2) is 18.2 Å². The van der Waals surface area contributed by atoms with Crippen LogP contribution < -0.4 is 16.0 Å². The van der Waals surface area contributed by atoms with Crippen molar-refractivity contribution in [3.05, 3.63) is 29.3 Å². The number of piperidine rings is 1. The Bertz CT molecular complexity index is 948. The van der Waals surface area contributed by atoms with Gasteiger partial charge in [0.25, 0.3) is 11.8 Å². The second kappa shape index (κ2) is 7.08. The molecule has 1 aromatic carbocycles. The molecular formula is C19H19F3N4O4. The van der Waals surface area contributed by atoms with Crippen LogP contribution >= 0.6 is 0 Å². The Morgan fingerprint density at radius 3 is 2.37 bits per heavy atom. The van der Waals surface area contributed by atoms with Gasteiger partial charge in [-0.25, -0.2) is 0 Å². The summed E-state index contributed by atoms with van der Waals surface area (Å²) in [4.78, 5) is 51.3. The average Bonchev–Trinajstić information content (AvgIpc) is 3.23. The van der Waals surface area contributed by atoms with Gasteiger partial charge in [-0.3, -0.25) is 29.4 Å². The number of amides is 4. The average molecular weight is 424 g/mol. The van der Waals surface area contributed by atoms with Gasteiger partial charge in [0.15, 0.2) is 0 Å². The zero-order chi connectivity index (χ0) is 21.8. The number of benzene rings is 1. The Labute approximate surface area is 169 Å². The summed E-state index contributed by atoms with van der Waals surface area (Å²) in [5.74, 6) is -4.90. The summed E-state index contributed by atoms with van der Waals surface area (Å²) in [6, 6.07) is 3.16. The summed E-state index contributed by atoms with van der Waals surface area (Å²) in [5.41, 5.74) is 6.01. The predicted octanol–water partition coefficient (Wildman–Crippen LogP) is 0.661. The van der Waals surface area contributed by atoms with Crippen molar-refractivity contribution in [3.8, 4) is 0 Å². The van der Waals surface area contributed by atoms with Gasteiger partial charge in [-0.05, 0) is 31.2 Å². The van der Waals surface area contributed by atoms with Crippen LogP contribution in [0.2, 0.25) is 0 Å². The van der Waals surface area contributed by atoms with Gasteiger partial charge in [0.2, 0.25) is 11.8 Å². The number of nitrogens with two attached hydrogens (primary N) is 1. The van der Waals surface area contributed by atoms with Gasteiger partial charge in [0, 0.05) is 31.1 Å². The van der Waals surface area contributed by atoms with Crippen LogP contribution in [0.4, 0.5) is 18.9 Å². The fourth-order valence-corrected chi connectivity index (χ4v) is 4.35. The van der Waals surface area contributed by atoms with E-state index in [9.17, 15) is 32.3 Å². The van der Waals surface area contributed by atoms with E-state index in [0.29, 0.717) is 5.69 Å². The molecule has 4 amide bonds. The Morgan fingerprint density at radius 2 is 1.77 bits per heavy atom. The highest BCUT2D eigenvalue weighted by molar-refractivity contribution is 6.23. The molecule has 4 rings (SSSR count). The summed E-state index contributed by atoms with van der Waals surface area (Å²) >= 11 is 0. The molecule has 0 bridgehead atoms. The Balaban J connectivity index is 1.60. The van der Waals surface area contributed by atoms with Crippen LogP contribution in [0.3, 0.4) is 0 Å². The van der Waals surface area contributed by atoms with E-state index in [2.05, 4.69) is 5.32 Å². The molecule has 0 radical (unpaired) electrons. The zero-order valence-corrected chi connectivity index (χ0v) is 15.7. The van der Waals surface area contributed by atoms with Crippen molar-refractivity contribution >= 4 is 29.3 Å². The van der Waals surface area contributed by atoms with E-state index in [-0.39, 0.29) is 43.6 Å². The molecule has 0 spiro atoms. The topological polar surface area (TPSA) is 113 Å².